The Hall–Kier alpha value is -0.500. The zero-order valence-electron chi connectivity index (χ0n) is 11.0. The second kappa shape index (κ2) is 8.63. The molecular formula is C10H22NO7P. The Bertz CT molecular complexity index is 323. The SMILES string of the molecule is CC(C)C[C@H](NP(=O)(O)OCC[C@H](O)CO)C(=O)O. The van der Waals surface area contributed by atoms with E-state index in [4.69, 9.17) is 15.3 Å². The van der Waals surface area contributed by atoms with Gasteiger partial charge in [0.05, 0.1) is 19.3 Å². The molecule has 0 bridgehead atoms. The lowest BCUT2D eigenvalue weighted by atomic mass is 10.1. The Balaban J connectivity index is 4.31. The molecule has 8 nitrogen and oxygen atoms in total. The standard InChI is InChI=1S/C10H22NO7P/c1-7(2)5-9(10(14)15)11-19(16,17)18-4-3-8(13)6-12/h7-9,12-13H,3-6H2,1-2H3,(H,14,15)(H2,11,16,17)/t8-,9-/m0/s1. The van der Waals surface area contributed by atoms with Crippen molar-refractivity contribution in [2.45, 2.75) is 38.8 Å². The summed E-state index contributed by atoms with van der Waals surface area (Å²) in [4.78, 5) is 20.4. The van der Waals surface area contributed by atoms with E-state index in [2.05, 4.69) is 9.61 Å². The minimum atomic E-state index is -4.25. The highest BCUT2D eigenvalue weighted by molar-refractivity contribution is 7.50. The molecule has 0 saturated carbocycles. The smallest absolute Gasteiger partial charge is 0.403 e. The first-order valence-corrected chi connectivity index (χ1v) is 7.52. The fraction of sp³-hybridized carbons (Fsp3) is 0.900. The van der Waals surface area contributed by atoms with E-state index in [-0.39, 0.29) is 25.4 Å². The molecule has 3 atom stereocenters. The van der Waals surface area contributed by atoms with Gasteiger partial charge in [0.15, 0.2) is 0 Å². The van der Waals surface area contributed by atoms with E-state index < -0.39 is 32.5 Å². The van der Waals surface area contributed by atoms with E-state index in [1.807, 2.05) is 0 Å². The average Bonchev–Trinajstić information content (AvgIpc) is 2.26. The van der Waals surface area contributed by atoms with Gasteiger partial charge < -0.3 is 20.2 Å². The summed E-state index contributed by atoms with van der Waals surface area (Å²) >= 11 is 0. The van der Waals surface area contributed by atoms with Gasteiger partial charge in [0.1, 0.15) is 6.04 Å². The number of carboxylic acids is 1. The molecule has 0 aromatic heterocycles. The van der Waals surface area contributed by atoms with Crippen LogP contribution in [0, 0.1) is 5.92 Å². The minimum absolute atomic E-state index is 0.0232. The summed E-state index contributed by atoms with van der Waals surface area (Å²) in [7, 11) is -4.25. The van der Waals surface area contributed by atoms with Crippen molar-refractivity contribution >= 4 is 13.7 Å². The van der Waals surface area contributed by atoms with Crippen LogP contribution in [-0.4, -0.2) is 51.5 Å². The molecule has 1 unspecified atom stereocenters. The van der Waals surface area contributed by atoms with Gasteiger partial charge >= 0.3 is 13.7 Å². The minimum Gasteiger partial charge on any atom is -0.480 e. The van der Waals surface area contributed by atoms with Gasteiger partial charge in [-0.15, -0.1) is 0 Å². The van der Waals surface area contributed by atoms with Gasteiger partial charge in [-0.25, -0.2) is 9.65 Å². The summed E-state index contributed by atoms with van der Waals surface area (Å²) in [6, 6.07) is -1.18. The topological polar surface area (TPSA) is 136 Å². The van der Waals surface area contributed by atoms with Crippen LogP contribution >= 0.6 is 7.75 Å². The van der Waals surface area contributed by atoms with Crippen molar-refractivity contribution in [3.8, 4) is 0 Å². The number of hydrogen-bond donors (Lipinski definition) is 5. The molecule has 5 N–H and O–H groups in total. The molecule has 0 aliphatic carbocycles. The molecule has 19 heavy (non-hydrogen) atoms. The summed E-state index contributed by atoms with van der Waals surface area (Å²) in [6.45, 7) is 2.84. The number of hydrogen-bond acceptors (Lipinski definition) is 5. The number of carboxylic acid groups (broad SMARTS) is 1. The lowest BCUT2D eigenvalue weighted by Crippen LogP contribution is -2.36. The largest absolute Gasteiger partial charge is 0.480 e. The number of rotatable bonds is 10. The summed E-state index contributed by atoms with van der Waals surface area (Å²) in [6.07, 6.45) is -0.876. The van der Waals surface area contributed by atoms with Crippen molar-refractivity contribution in [2.24, 2.45) is 5.92 Å². The molecule has 0 saturated heterocycles. The number of aliphatic carboxylic acids is 1. The van der Waals surface area contributed by atoms with Crippen LogP contribution in [0.25, 0.3) is 0 Å². The number of aliphatic hydroxyl groups is 2. The molecule has 0 rings (SSSR count). The summed E-state index contributed by atoms with van der Waals surface area (Å²) < 4.78 is 16.2. The van der Waals surface area contributed by atoms with E-state index in [0.717, 1.165) is 0 Å². The molecular weight excluding hydrogens is 277 g/mol. The molecule has 114 valence electrons. The molecule has 0 aromatic rings. The zero-order valence-corrected chi connectivity index (χ0v) is 11.9. The lowest BCUT2D eigenvalue weighted by molar-refractivity contribution is -0.139. The average molecular weight is 299 g/mol. The molecule has 0 heterocycles. The Labute approximate surface area is 112 Å². The first kappa shape index (κ1) is 18.5. The molecule has 0 aromatic carbocycles. The van der Waals surface area contributed by atoms with Gasteiger partial charge in [-0.3, -0.25) is 9.32 Å². The predicted octanol–water partition coefficient (Wildman–Crippen LogP) is -0.0644. The summed E-state index contributed by atoms with van der Waals surface area (Å²) in [5.74, 6) is -1.20. The lowest BCUT2D eigenvalue weighted by Gasteiger charge is -2.20. The van der Waals surface area contributed by atoms with Crippen LogP contribution in [0.1, 0.15) is 26.7 Å². The molecule has 0 aliphatic heterocycles. The van der Waals surface area contributed by atoms with Crippen molar-refractivity contribution < 1.29 is 34.1 Å². The third-order valence-corrected chi connectivity index (χ3v) is 3.42. The zero-order chi connectivity index (χ0) is 15.1. The molecule has 0 fully saturated rings. The van der Waals surface area contributed by atoms with Crippen LogP contribution < -0.4 is 5.09 Å². The summed E-state index contributed by atoms with van der Waals surface area (Å²) in [5, 5.41) is 28.6. The van der Waals surface area contributed by atoms with E-state index in [1.165, 1.54) is 0 Å². The van der Waals surface area contributed by atoms with Gasteiger partial charge in [-0.2, -0.15) is 0 Å². The highest BCUT2D eigenvalue weighted by Crippen LogP contribution is 2.38. The Kier molecular flexibility index (Phi) is 8.40. The van der Waals surface area contributed by atoms with Crippen molar-refractivity contribution in [3.05, 3.63) is 0 Å². The first-order chi connectivity index (χ1) is 8.68. The van der Waals surface area contributed by atoms with Crippen LogP contribution in [-0.2, 0) is 13.9 Å². The summed E-state index contributed by atoms with van der Waals surface area (Å²) in [5.41, 5.74) is 0. The van der Waals surface area contributed by atoms with Crippen molar-refractivity contribution in [1.29, 1.82) is 0 Å². The Morgan fingerprint density at radius 3 is 2.42 bits per heavy atom. The van der Waals surface area contributed by atoms with Crippen LogP contribution in [0.3, 0.4) is 0 Å². The van der Waals surface area contributed by atoms with Gasteiger partial charge in [-0.1, -0.05) is 13.8 Å². The Morgan fingerprint density at radius 2 is 2.00 bits per heavy atom. The number of aliphatic hydroxyl groups excluding tert-OH is 2. The fourth-order valence-electron chi connectivity index (χ4n) is 1.32. The maximum atomic E-state index is 11.6. The predicted molar refractivity (Wildman–Crippen MR) is 67.5 cm³/mol. The quantitative estimate of drug-likeness (QED) is 0.354. The van der Waals surface area contributed by atoms with E-state index in [1.54, 1.807) is 13.8 Å². The van der Waals surface area contributed by atoms with Crippen LogP contribution in [0.4, 0.5) is 0 Å². The normalized spacial score (nSPS) is 18.0. The Morgan fingerprint density at radius 1 is 1.42 bits per heavy atom. The van der Waals surface area contributed by atoms with E-state index in [0.29, 0.717) is 0 Å². The molecule has 9 heteroatoms. The van der Waals surface area contributed by atoms with Crippen molar-refractivity contribution in [2.75, 3.05) is 13.2 Å². The van der Waals surface area contributed by atoms with Crippen molar-refractivity contribution in [3.63, 3.8) is 0 Å². The van der Waals surface area contributed by atoms with Gasteiger partial charge in [0.25, 0.3) is 0 Å². The number of nitrogens with one attached hydrogen (secondary N) is 1. The second-order valence-electron chi connectivity index (χ2n) is 4.63. The highest BCUT2D eigenvalue weighted by Gasteiger charge is 2.29. The highest BCUT2D eigenvalue weighted by atomic mass is 31.2. The third-order valence-electron chi connectivity index (χ3n) is 2.25. The van der Waals surface area contributed by atoms with E-state index >= 15 is 0 Å². The van der Waals surface area contributed by atoms with Crippen LogP contribution in [0.5, 0.6) is 0 Å². The van der Waals surface area contributed by atoms with E-state index in [9.17, 15) is 14.3 Å². The third kappa shape index (κ3) is 9.10. The maximum absolute atomic E-state index is 11.6. The van der Waals surface area contributed by atoms with Gasteiger partial charge in [0.2, 0.25) is 0 Å². The van der Waals surface area contributed by atoms with Crippen LogP contribution in [0.2, 0.25) is 0 Å². The number of carbonyl (C=O) groups is 1. The van der Waals surface area contributed by atoms with Gasteiger partial charge in [-0.05, 0) is 18.8 Å². The second-order valence-corrected chi connectivity index (χ2v) is 6.19. The van der Waals surface area contributed by atoms with Crippen molar-refractivity contribution in [1.82, 2.24) is 5.09 Å². The molecule has 0 spiro atoms. The van der Waals surface area contributed by atoms with Crippen LogP contribution in [0.15, 0.2) is 0 Å². The maximum Gasteiger partial charge on any atom is 0.403 e. The van der Waals surface area contributed by atoms with Gasteiger partial charge in [0, 0.05) is 0 Å². The molecule has 0 aliphatic rings. The monoisotopic (exact) mass is 299 g/mol. The first-order valence-electron chi connectivity index (χ1n) is 5.94. The molecule has 0 amide bonds. The fourth-order valence-corrected chi connectivity index (χ4v) is 2.36. The molecule has 0 radical (unpaired) electrons.